The van der Waals surface area contributed by atoms with E-state index in [9.17, 15) is 4.79 Å². The van der Waals surface area contributed by atoms with E-state index in [-0.39, 0.29) is 11.9 Å². The standard InChI is InChI=1S/C18H19N5OS/c1-22-9-8-20-17(22)15-12-19-7-10-23(15)18(24)16-11-14(21-25-16)13-5-3-2-4-6-13/h2-6,8-9,11,15,19H,7,10,12H2,1H3/t15-/m1/s1. The lowest BCUT2D eigenvalue weighted by molar-refractivity contribution is 0.0626. The van der Waals surface area contributed by atoms with Crippen molar-refractivity contribution in [1.82, 2.24) is 24.1 Å². The lowest BCUT2D eigenvalue weighted by Crippen LogP contribution is -2.49. The number of aryl methyl sites for hydroxylation is 1. The molecule has 1 aliphatic rings. The van der Waals surface area contributed by atoms with Crippen molar-refractivity contribution < 1.29 is 4.79 Å². The molecular weight excluding hydrogens is 334 g/mol. The van der Waals surface area contributed by atoms with Crippen LogP contribution in [0.2, 0.25) is 0 Å². The Morgan fingerprint density at radius 3 is 2.92 bits per heavy atom. The largest absolute Gasteiger partial charge is 0.336 e. The van der Waals surface area contributed by atoms with Gasteiger partial charge in [0.15, 0.2) is 0 Å². The molecule has 2 aromatic heterocycles. The summed E-state index contributed by atoms with van der Waals surface area (Å²) in [4.78, 5) is 20.1. The lowest BCUT2D eigenvalue weighted by Gasteiger charge is -2.35. The third-order valence-electron chi connectivity index (χ3n) is 4.45. The van der Waals surface area contributed by atoms with Crippen LogP contribution in [0.3, 0.4) is 0 Å². The van der Waals surface area contributed by atoms with Gasteiger partial charge in [-0.2, -0.15) is 4.37 Å². The van der Waals surface area contributed by atoms with Crippen molar-refractivity contribution >= 4 is 17.4 Å². The van der Waals surface area contributed by atoms with Crippen molar-refractivity contribution in [2.75, 3.05) is 19.6 Å². The first-order valence-electron chi connectivity index (χ1n) is 8.25. The Morgan fingerprint density at radius 2 is 2.16 bits per heavy atom. The summed E-state index contributed by atoms with van der Waals surface area (Å²) in [7, 11) is 1.96. The highest BCUT2D eigenvalue weighted by Gasteiger charge is 2.32. The number of hydrogen-bond acceptors (Lipinski definition) is 5. The topological polar surface area (TPSA) is 63.1 Å². The maximum absolute atomic E-state index is 13.1. The Bertz CT molecular complexity index is 872. The van der Waals surface area contributed by atoms with E-state index in [0.29, 0.717) is 18.0 Å². The number of benzene rings is 1. The summed E-state index contributed by atoms with van der Waals surface area (Å²) < 4.78 is 6.44. The molecule has 0 unspecified atom stereocenters. The van der Waals surface area contributed by atoms with Crippen LogP contribution >= 0.6 is 11.5 Å². The van der Waals surface area contributed by atoms with E-state index >= 15 is 0 Å². The summed E-state index contributed by atoms with van der Waals surface area (Å²) in [5.74, 6) is 0.919. The molecule has 0 spiro atoms. The second kappa shape index (κ2) is 6.78. The molecule has 1 aromatic carbocycles. The predicted molar refractivity (Wildman–Crippen MR) is 97.4 cm³/mol. The molecule has 4 rings (SSSR count). The van der Waals surface area contributed by atoms with Crippen LogP contribution in [0.1, 0.15) is 21.5 Å². The van der Waals surface area contributed by atoms with E-state index < -0.39 is 0 Å². The van der Waals surface area contributed by atoms with E-state index in [2.05, 4.69) is 14.7 Å². The number of imidazole rings is 1. The molecule has 0 saturated carbocycles. The zero-order valence-corrected chi connectivity index (χ0v) is 14.7. The molecule has 3 heterocycles. The molecule has 0 aliphatic carbocycles. The van der Waals surface area contributed by atoms with Crippen LogP contribution in [0.15, 0.2) is 48.8 Å². The number of nitrogens with one attached hydrogen (secondary N) is 1. The Morgan fingerprint density at radius 1 is 1.32 bits per heavy atom. The molecule has 7 heteroatoms. The van der Waals surface area contributed by atoms with E-state index in [1.165, 1.54) is 11.5 Å². The number of amides is 1. The van der Waals surface area contributed by atoms with E-state index in [0.717, 1.165) is 23.6 Å². The SMILES string of the molecule is Cn1ccnc1[C@H]1CNCCN1C(=O)c1cc(-c2ccccc2)ns1. The number of carbonyl (C=O) groups is 1. The van der Waals surface area contributed by atoms with Gasteiger partial charge in [-0.1, -0.05) is 30.3 Å². The van der Waals surface area contributed by atoms with Gasteiger partial charge in [0.2, 0.25) is 0 Å². The maximum atomic E-state index is 13.1. The summed E-state index contributed by atoms with van der Waals surface area (Å²) in [5.41, 5.74) is 1.87. The van der Waals surface area contributed by atoms with Crippen molar-refractivity contribution in [3.63, 3.8) is 0 Å². The number of carbonyl (C=O) groups excluding carboxylic acids is 1. The van der Waals surface area contributed by atoms with Gasteiger partial charge in [0, 0.05) is 44.6 Å². The molecule has 6 nitrogen and oxygen atoms in total. The molecule has 1 saturated heterocycles. The molecule has 1 aliphatic heterocycles. The number of nitrogens with zero attached hydrogens (tertiary/aromatic N) is 4. The lowest BCUT2D eigenvalue weighted by atomic mass is 10.1. The van der Waals surface area contributed by atoms with Gasteiger partial charge in [0.1, 0.15) is 16.7 Å². The van der Waals surface area contributed by atoms with Crippen LogP contribution in [0.5, 0.6) is 0 Å². The third kappa shape index (κ3) is 3.08. The van der Waals surface area contributed by atoms with Gasteiger partial charge in [-0.3, -0.25) is 4.79 Å². The minimum Gasteiger partial charge on any atom is -0.336 e. The smallest absolute Gasteiger partial charge is 0.266 e. The van der Waals surface area contributed by atoms with Gasteiger partial charge in [-0.05, 0) is 17.6 Å². The molecule has 3 aromatic rings. The second-order valence-corrected chi connectivity index (χ2v) is 6.86. The van der Waals surface area contributed by atoms with Gasteiger partial charge in [-0.25, -0.2) is 4.98 Å². The van der Waals surface area contributed by atoms with Crippen LogP contribution in [-0.4, -0.2) is 44.4 Å². The monoisotopic (exact) mass is 353 g/mol. The highest BCUT2D eigenvalue weighted by atomic mass is 32.1. The van der Waals surface area contributed by atoms with Gasteiger partial charge in [0.05, 0.1) is 5.69 Å². The van der Waals surface area contributed by atoms with Crippen LogP contribution in [0.25, 0.3) is 11.3 Å². The van der Waals surface area contributed by atoms with E-state index in [1.807, 2.05) is 59.1 Å². The predicted octanol–water partition coefficient (Wildman–Crippen LogP) is 2.33. The average Bonchev–Trinajstić information content (AvgIpc) is 3.31. The Labute approximate surface area is 150 Å². The van der Waals surface area contributed by atoms with Gasteiger partial charge in [-0.15, -0.1) is 0 Å². The first kappa shape index (κ1) is 16.0. The van der Waals surface area contributed by atoms with Crippen molar-refractivity contribution in [2.45, 2.75) is 6.04 Å². The first-order chi connectivity index (χ1) is 12.2. The fourth-order valence-electron chi connectivity index (χ4n) is 3.14. The van der Waals surface area contributed by atoms with Crippen molar-refractivity contribution in [2.24, 2.45) is 7.05 Å². The van der Waals surface area contributed by atoms with Crippen molar-refractivity contribution in [3.05, 3.63) is 59.5 Å². The molecule has 0 bridgehead atoms. The molecular formula is C18H19N5OS. The molecule has 0 radical (unpaired) electrons. The van der Waals surface area contributed by atoms with Gasteiger partial charge in [0.25, 0.3) is 5.91 Å². The maximum Gasteiger partial charge on any atom is 0.266 e. The minimum atomic E-state index is -0.0662. The van der Waals surface area contributed by atoms with Crippen molar-refractivity contribution in [1.29, 1.82) is 0 Å². The van der Waals surface area contributed by atoms with Crippen LogP contribution in [0.4, 0.5) is 0 Å². The van der Waals surface area contributed by atoms with Crippen LogP contribution in [-0.2, 0) is 7.05 Å². The molecule has 1 N–H and O–H groups in total. The molecule has 1 fully saturated rings. The Kier molecular flexibility index (Phi) is 4.33. The summed E-state index contributed by atoms with van der Waals surface area (Å²) in [6, 6.07) is 11.8. The van der Waals surface area contributed by atoms with Gasteiger partial charge >= 0.3 is 0 Å². The summed E-state index contributed by atoms with van der Waals surface area (Å²) >= 11 is 1.26. The molecule has 1 amide bonds. The van der Waals surface area contributed by atoms with Gasteiger partial charge < -0.3 is 14.8 Å². The molecule has 1 atom stereocenters. The highest BCUT2D eigenvalue weighted by Crippen LogP contribution is 2.27. The summed E-state index contributed by atoms with van der Waals surface area (Å²) in [5, 5.41) is 3.36. The minimum absolute atomic E-state index is 0.0224. The Balaban J connectivity index is 1.61. The number of piperazine rings is 1. The summed E-state index contributed by atoms with van der Waals surface area (Å²) in [6.07, 6.45) is 3.68. The third-order valence-corrected chi connectivity index (χ3v) is 5.23. The van der Waals surface area contributed by atoms with Crippen LogP contribution < -0.4 is 5.32 Å². The van der Waals surface area contributed by atoms with Crippen molar-refractivity contribution in [3.8, 4) is 11.3 Å². The quantitative estimate of drug-likeness (QED) is 0.785. The van der Waals surface area contributed by atoms with E-state index in [4.69, 9.17) is 0 Å². The zero-order chi connectivity index (χ0) is 17.2. The fraction of sp³-hybridized carbons (Fsp3) is 0.278. The summed E-state index contributed by atoms with van der Waals surface area (Å²) in [6.45, 7) is 2.16. The highest BCUT2D eigenvalue weighted by molar-refractivity contribution is 7.08. The number of rotatable bonds is 3. The average molecular weight is 353 g/mol. The number of hydrogen-bond donors (Lipinski definition) is 1. The zero-order valence-electron chi connectivity index (χ0n) is 13.9. The van der Waals surface area contributed by atoms with E-state index in [1.54, 1.807) is 6.20 Å². The second-order valence-electron chi connectivity index (χ2n) is 6.06. The first-order valence-corrected chi connectivity index (χ1v) is 9.02. The fourth-order valence-corrected chi connectivity index (χ4v) is 3.85. The molecule has 25 heavy (non-hydrogen) atoms. The normalized spacial score (nSPS) is 17.6. The van der Waals surface area contributed by atoms with Crippen LogP contribution in [0, 0.1) is 0 Å². The number of aromatic nitrogens is 3. The molecule has 128 valence electrons. The Hall–Kier alpha value is -2.51.